The largest absolute Gasteiger partial charge is 0.450 e. The molecule has 146 valence electrons. The highest BCUT2D eigenvalue weighted by molar-refractivity contribution is 5.88. The summed E-state index contributed by atoms with van der Waals surface area (Å²) in [6, 6.07) is 11.9. The van der Waals surface area contributed by atoms with Crippen LogP contribution in [-0.4, -0.2) is 44.1 Å². The van der Waals surface area contributed by atoms with Crippen LogP contribution >= 0.6 is 0 Å². The highest BCUT2D eigenvalue weighted by atomic mass is 16.5. The zero-order valence-electron chi connectivity index (χ0n) is 16.2. The topological polar surface area (TPSA) is 98.5 Å². The van der Waals surface area contributed by atoms with E-state index < -0.39 is 5.97 Å². The average Bonchev–Trinajstić information content (AvgIpc) is 3.10. The van der Waals surface area contributed by atoms with Crippen LogP contribution in [0, 0.1) is 13.8 Å². The fourth-order valence-corrected chi connectivity index (χ4v) is 2.86. The number of nitrogens with zero attached hydrogens (tertiary/aromatic N) is 4. The Bertz CT molecular complexity index is 984. The first kappa shape index (κ1) is 19.5. The van der Waals surface area contributed by atoms with Crippen molar-refractivity contribution in [1.82, 2.24) is 24.9 Å². The quantitative estimate of drug-likeness (QED) is 0.629. The molecule has 0 spiro atoms. The summed E-state index contributed by atoms with van der Waals surface area (Å²) in [5, 5.41) is 6.92. The number of aromatic nitrogens is 4. The number of nitrogens with one attached hydrogen (secondary N) is 1. The van der Waals surface area contributed by atoms with Crippen LogP contribution in [-0.2, 0) is 16.0 Å². The lowest BCUT2D eigenvalue weighted by Gasteiger charge is -2.13. The fraction of sp³-hybridized carbons (Fsp3) is 0.350. The summed E-state index contributed by atoms with van der Waals surface area (Å²) in [7, 11) is 0. The third-order valence-corrected chi connectivity index (χ3v) is 4.25. The van der Waals surface area contributed by atoms with Crippen molar-refractivity contribution in [1.29, 1.82) is 0 Å². The minimum Gasteiger partial charge on any atom is -0.450 e. The van der Waals surface area contributed by atoms with E-state index in [1.54, 1.807) is 0 Å². The molecule has 8 heteroatoms. The lowest BCUT2D eigenvalue weighted by Crippen LogP contribution is -2.36. The van der Waals surface area contributed by atoms with E-state index in [9.17, 15) is 9.59 Å². The van der Waals surface area contributed by atoms with Gasteiger partial charge in [-0.1, -0.05) is 30.3 Å². The minimum atomic E-state index is -0.755. The molecule has 0 bridgehead atoms. The van der Waals surface area contributed by atoms with Crippen molar-refractivity contribution in [2.75, 3.05) is 6.61 Å². The van der Waals surface area contributed by atoms with E-state index in [1.165, 1.54) is 10.1 Å². The fourth-order valence-electron chi connectivity index (χ4n) is 2.86. The monoisotopic (exact) mass is 381 g/mol. The molecule has 3 rings (SSSR count). The second-order valence-electron chi connectivity index (χ2n) is 6.76. The molecule has 0 unspecified atom stereocenters. The Balaban J connectivity index is 1.48. The molecule has 2 aromatic heterocycles. The summed E-state index contributed by atoms with van der Waals surface area (Å²) in [6.45, 7) is 5.22. The van der Waals surface area contributed by atoms with Crippen molar-refractivity contribution in [2.45, 2.75) is 39.7 Å². The van der Waals surface area contributed by atoms with E-state index >= 15 is 0 Å². The Labute approximate surface area is 163 Å². The number of hydrogen-bond acceptors (Lipinski definition) is 6. The van der Waals surface area contributed by atoms with Crippen LogP contribution in [0.25, 0.3) is 5.78 Å². The molecule has 8 nitrogen and oxygen atoms in total. The molecule has 28 heavy (non-hydrogen) atoms. The van der Waals surface area contributed by atoms with Gasteiger partial charge < -0.3 is 10.1 Å². The lowest BCUT2D eigenvalue weighted by molar-refractivity contribution is -0.124. The van der Waals surface area contributed by atoms with Crippen LogP contribution in [0.2, 0.25) is 0 Å². The Kier molecular flexibility index (Phi) is 5.98. The summed E-state index contributed by atoms with van der Waals surface area (Å²) >= 11 is 0. The van der Waals surface area contributed by atoms with Crippen molar-refractivity contribution < 1.29 is 14.3 Å². The number of esters is 1. The summed E-state index contributed by atoms with van der Waals surface area (Å²) in [5.41, 5.74) is 2.80. The molecular weight excluding hydrogens is 358 g/mol. The Hall–Kier alpha value is -3.29. The second-order valence-corrected chi connectivity index (χ2v) is 6.76. The Morgan fingerprint density at radius 1 is 1.18 bits per heavy atom. The molecule has 1 N–H and O–H groups in total. The van der Waals surface area contributed by atoms with Gasteiger partial charge in [-0.15, -0.1) is 5.10 Å². The Morgan fingerprint density at radius 2 is 1.93 bits per heavy atom. The van der Waals surface area contributed by atoms with Crippen LogP contribution in [0.4, 0.5) is 0 Å². The number of aryl methyl sites for hydroxylation is 3. The molecule has 0 saturated heterocycles. The van der Waals surface area contributed by atoms with Crippen LogP contribution in [0.3, 0.4) is 0 Å². The van der Waals surface area contributed by atoms with Crippen molar-refractivity contribution in [3.63, 3.8) is 0 Å². The molecule has 0 aliphatic carbocycles. The number of carbonyl (C=O) groups is 2. The van der Waals surface area contributed by atoms with Crippen LogP contribution in [0.5, 0.6) is 0 Å². The van der Waals surface area contributed by atoms with Gasteiger partial charge in [0.2, 0.25) is 0 Å². The van der Waals surface area contributed by atoms with E-state index in [-0.39, 0.29) is 24.4 Å². The van der Waals surface area contributed by atoms with Crippen molar-refractivity contribution in [3.05, 3.63) is 59.2 Å². The van der Waals surface area contributed by atoms with Gasteiger partial charge in [-0.25, -0.2) is 14.3 Å². The van der Waals surface area contributed by atoms with Gasteiger partial charge in [0.25, 0.3) is 17.5 Å². The van der Waals surface area contributed by atoms with Crippen LogP contribution in [0.15, 0.2) is 36.4 Å². The molecule has 0 aliphatic rings. The first-order chi connectivity index (χ1) is 13.4. The van der Waals surface area contributed by atoms with Gasteiger partial charge in [-0.05, 0) is 45.2 Å². The normalized spacial score (nSPS) is 12.0. The zero-order valence-corrected chi connectivity index (χ0v) is 16.2. The van der Waals surface area contributed by atoms with Gasteiger partial charge in [0.15, 0.2) is 6.61 Å². The maximum Gasteiger partial charge on any atom is 0.378 e. The van der Waals surface area contributed by atoms with Gasteiger partial charge in [0, 0.05) is 17.4 Å². The molecule has 2 heterocycles. The van der Waals surface area contributed by atoms with Crippen molar-refractivity contribution in [3.8, 4) is 0 Å². The average molecular weight is 381 g/mol. The molecule has 0 saturated carbocycles. The standard InChI is InChI=1S/C20H23N5O3/c1-13(9-10-16-7-5-4-6-8-16)21-17(26)12-28-19(27)18-23-20-22-14(2)11-15(3)25(20)24-18/h4-8,11,13H,9-10,12H2,1-3H3,(H,21,26)/t13-/m1/s1. The summed E-state index contributed by atoms with van der Waals surface area (Å²) in [5.74, 6) is -0.910. The van der Waals surface area contributed by atoms with Gasteiger partial charge in [0.1, 0.15) is 0 Å². The Morgan fingerprint density at radius 3 is 2.68 bits per heavy atom. The van der Waals surface area contributed by atoms with Gasteiger partial charge in [-0.3, -0.25) is 4.79 Å². The van der Waals surface area contributed by atoms with Gasteiger partial charge in [0.05, 0.1) is 0 Å². The number of benzene rings is 1. The molecule has 1 atom stereocenters. The van der Waals surface area contributed by atoms with E-state index in [1.807, 2.05) is 45.0 Å². The smallest absolute Gasteiger partial charge is 0.378 e. The SMILES string of the molecule is Cc1cc(C)n2nc(C(=O)OCC(=O)N[C@H](C)CCc3ccccc3)nc2n1. The minimum absolute atomic E-state index is 0.0328. The van der Waals surface area contributed by atoms with Crippen molar-refractivity contribution in [2.24, 2.45) is 0 Å². The van der Waals surface area contributed by atoms with Crippen molar-refractivity contribution >= 4 is 17.7 Å². The highest BCUT2D eigenvalue weighted by Crippen LogP contribution is 2.07. The van der Waals surface area contributed by atoms with Crippen LogP contribution < -0.4 is 5.32 Å². The predicted octanol–water partition coefficient (Wildman–Crippen LogP) is 2.04. The number of fused-ring (bicyclic) bond motifs is 1. The molecule has 3 aromatic rings. The maximum absolute atomic E-state index is 12.1. The zero-order chi connectivity index (χ0) is 20.1. The van der Waals surface area contributed by atoms with E-state index in [2.05, 4.69) is 32.5 Å². The van der Waals surface area contributed by atoms with E-state index in [0.29, 0.717) is 5.78 Å². The summed E-state index contributed by atoms with van der Waals surface area (Å²) in [6.07, 6.45) is 1.65. The number of rotatable bonds is 7. The third kappa shape index (κ3) is 4.91. The molecule has 0 radical (unpaired) electrons. The van der Waals surface area contributed by atoms with Gasteiger partial charge >= 0.3 is 5.97 Å². The number of carbonyl (C=O) groups excluding carboxylic acids is 2. The predicted molar refractivity (Wildman–Crippen MR) is 103 cm³/mol. The maximum atomic E-state index is 12.1. The number of amides is 1. The lowest BCUT2D eigenvalue weighted by atomic mass is 10.1. The first-order valence-electron chi connectivity index (χ1n) is 9.14. The highest BCUT2D eigenvalue weighted by Gasteiger charge is 2.18. The first-order valence-corrected chi connectivity index (χ1v) is 9.14. The van der Waals surface area contributed by atoms with E-state index in [4.69, 9.17) is 4.74 Å². The van der Waals surface area contributed by atoms with E-state index in [0.717, 1.165) is 24.2 Å². The van der Waals surface area contributed by atoms with Gasteiger partial charge in [-0.2, -0.15) is 4.98 Å². The van der Waals surface area contributed by atoms with Crippen LogP contribution in [0.1, 0.15) is 40.9 Å². The summed E-state index contributed by atoms with van der Waals surface area (Å²) < 4.78 is 6.50. The molecule has 0 fully saturated rings. The molecule has 0 aliphatic heterocycles. The third-order valence-electron chi connectivity index (χ3n) is 4.25. The second kappa shape index (κ2) is 8.60. The summed E-state index contributed by atoms with van der Waals surface area (Å²) in [4.78, 5) is 32.5. The molecule has 1 amide bonds. The molecular formula is C20H23N5O3. The number of ether oxygens (including phenoxy) is 1. The molecule has 1 aromatic carbocycles. The number of hydrogen-bond donors (Lipinski definition) is 1.